The molecule has 4 aromatic carbocycles. The Bertz CT molecular complexity index is 1770. The number of urea groups is 1. The highest BCUT2D eigenvalue weighted by molar-refractivity contribution is 6.03. The molecule has 2 heterocycles. The molecule has 0 unspecified atom stereocenters. The molecule has 0 radical (unpaired) electrons. The van der Waals surface area contributed by atoms with Crippen molar-refractivity contribution in [2.45, 2.75) is 32.2 Å². The fourth-order valence-corrected chi connectivity index (χ4v) is 6.28. The minimum Gasteiger partial charge on any atom is -0.506 e. The molecular weight excluding hydrogens is 616 g/mol. The number of hydrogen-bond donors (Lipinski definition) is 3. The van der Waals surface area contributed by atoms with E-state index in [2.05, 4.69) is 20.3 Å². The Labute approximate surface area is 269 Å². The molecule has 47 heavy (non-hydrogen) atoms. The van der Waals surface area contributed by atoms with Gasteiger partial charge in [-0.05, 0) is 59.2 Å². The molecule has 246 valence electrons. The lowest BCUT2D eigenvalue weighted by molar-refractivity contribution is -0.274. The van der Waals surface area contributed by atoms with Crippen LogP contribution in [0.1, 0.15) is 25.0 Å². The normalized spacial score (nSPS) is 16.1. The standard InChI is InChI=1S/C35H34F4N4O4/c1-34(2)21-43(28-9-4-3-8-27(28)41-33(45)40-24-10-12-25(13-11-24)47-35(37,38)39)32-29(44)19-26(36)30(31(32)34)23-7-5-6-22(18-23)20-42-14-16-46-17-15-42/h3-13,18-19,44H,14-17,20-21H2,1-2H3,(H2,40,41,45). The number of amides is 2. The summed E-state index contributed by atoms with van der Waals surface area (Å²) in [5.41, 5.74) is 3.86. The van der Waals surface area contributed by atoms with Gasteiger partial charge >= 0.3 is 12.4 Å². The smallest absolute Gasteiger partial charge is 0.506 e. The number of nitrogens with zero attached hydrogens (tertiary/aromatic N) is 2. The van der Waals surface area contributed by atoms with Crippen molar-refractivity contribution in [3.8, 4) is 22.6 Å². The summed E-state index contributed by atoms with van der Waals surface area (Å²) in [4.78, 5) is 17.2. The zero-order valence-electron chi connectivity index (χ0n) is 25.8. The van der Waals surface area contributed by atoms with E-state index in [9.17, 15) is 23.1 Å². The van der Waals surface area contributed by atoms with Gasteiger partial charge in [0.05, 0.1) is 30.3 Å². The lowest BCUT2D eigenvalue weighted by Gasteiger charge is -2.27. The van der Waals surface area contributed by atoms with Crippen LogP contribution >= 0.6 is 0 Å². The Morgan fingerprint density at radius 2 is 1.70 bits per heavy atom. The fourth-order valence-electron chi connectivity index (χ4n) is 6.28. The molecule has 3 N–H and O–H groups in total. The summed E-state index contributed by atoms with van der Waals surface area (Å²) in [6, 6.07) is 20.1. The predicted octanol–water partition coefficient (Wildman–Crippen LogP) is 8.00. The molecule has 0 spiro atoms. The summed E-state index contributed by atoms with van der Waals surface area (Å²) in [6.07, 6.45) is -4.83. The van der Waals surface area contributed by atoms with Crippen molar-refractivity contribution in [1.82, 2.24) is 4.90 Å². The van der Waals surface area contributed by atoms with Gasteiger partial charge in [-0.25, -0.2) is 9.18 Å². The molecule has 1 saturated heterocycles. The third-order valence-electron chi connectivity index (χ3n) is 8.25. The van der Waals surface area contributed by atoms with Crippen LogP contribution in [-0.4, -0.2) is 55.2 Å². The minimum absolute atomic E-state index is 0.225. The molecule has 0 bridgehead atoms. The SMILES string of the molecule is CC1(C)CN(c2ccccc2NC(=O)Nc2ccc(OC(F)(F)F)cc2)c2c(O)cc(F)c(-c3cccc(CN4CCOCC4)c3)c21. The van der Waals surface area contributed by atoms with Crippen LogP contribution in [0.25, 0.3) is 11.1 Å². The van der Waals surface area contributed by atoms with Gasteiger partial charge in [-0.3, -0.25) is 4.90 Å². The molecule has 2 aliphatic heterocycles. The minimum atomic E-state index is -4.83. The molecule has 0 aromatic heterocycles. The predicted molar refractivity (Wildman–Crippen MR) is 172 cm³/mol. The Morgan fingerprint density at radius 3 is 2.43 bits per heavy atom. The Morgan fingerprint density at radius 1 is 0.979 bits per heavy atom. The maximum Gasteiger partial charge on any atom is 0.573 e. The second kappa shape index (κ2) is 12.8. The molecule has 0 saturated carbocycles. The number of nitrogens with one attached hydrogen (secondary N) is 2. The van der Waals surface area contributed by atoms with Gasteiger partial charge in [0.1, 0.15) is 17.3 Å². The summed E-state index contributed by atoms with van der Waals surface area (Å²) >= 11 is 0. The number of para-hydroxylation sites is 2. The zero-order chi connectivity index (χ0) is 33.3. The Balaban J connectivity index is 1.29. The average molecular weight is 651 g/mol. The van der Waals surface area contributed by atoms with E-state index < -0.39 is 29.4 Å². The van der Waals surface area contributed by atoms with Crippen LogP contribution in [0.4, 0.5) is 45.1 Å². The van der Waals surface area contributed by atoms with E-state index in [1.54, 1.807) is 24.3 Å². The highest BCUT2D eigenvalue weighted by Gasteiger charge is 2.42. The third-order valence-corrected chi connectivity index (χ3v) is 8.25. The van der Waals surface area contributed by atoms with E-state index in [0.717, 1.165) is 36.9 Å². The van der Waals surface area contributed by atoms with Gasteiger partial charge in [0.2, 0.25) is 0 Å². The lowest BCUT2D eigenvalue weighted by Crippen LogP contribution is -2.35. The number of carbonyl (C=O) groups excluding carboxylic acids is 1. The molecule has 12 heteroatoms. The first-order valence-corrected chi connectivity index (χ1v) is 15.1. The zero-order valence-corrected chi connectivity index (χ0v) is 25.8. The van der Waals surface area contributed by atoms with Crippen LogP contribution in [0.15, 0.2) is 78.9 Å². The van der Waals surface area contributed by atoms with E-state index in [1.807, 2.05) is 43.0 Å². The topological polar surface area (TPSA) is 86.3 Å². The number of fused-ring (bicyclic) bond motifs is 1. The number of anilines is 4. The maximum atomic E-state index is 15.9. The number of alkyl halides is 3. The van der Waals surface area contributed by atoms with E-state index in [-0.39, 0.29) is 11.4 Å². The van der Waals surface area contributed by atoms with Crippen molar-refractivity contribution in [2.75, 3.05) is 48.4 Å². The molecule has 1 fully saturated rings. The van der Waals surface area contributed by atoms with Crippen LogP contribution in [0, 0.1) is 5.82 Å². The lowest BCUT2D eigenvalue weighted by atomic mass is 9.81. The molecule has 2 aliphatic rings. The summed E-state index contributed by atoms with van der Waals surface area (Å²) in [7, 11) is 0. The van der Waals surface area contributed by atoms with Crippen molar-refractivity contribution in [3.63, 3.8) is 0 Å². The first kappa shape index (κ1) is 32.1. The molecule has 0 atom stereocenters. The monoisotopic (exact) mass is 650 g/mol. The second-order valence-electron chi connectivity index (χ2n) is 12.2. The van der Waals surface area contributed by atoms with Crippen molar-refractivity contribution in [2.24, 2.45) is 0 Å². The van der Waals surface area contributed by atoms with Crippen molar-refractivity contribution in [1.29, 1.82) is 0 Å². The highest BCUT2D eigenvalue weighted by Crippen LogP contribution is 2.54. The number of rotatable bonds is 7. The van der Waals surface area contributed by atoms with Gasteiger partial charge in [0, 0.05) is 48.9 Å². The van der Waals surface area contributed by atoms with Crippen molar-refractivity contribution in [3.05, 3.63) is 95.8 Å². The largest absolute Gasteiger partial charge is 0.573 e. The number of aromatic hydroxyl groups is 1. The van der Waals surface area contributed by atoms with Crippen LogP contribution in [0.2, 0.25) is 0 Å². The maximum absolute atomic E-state index is 15.9. The van der Waals surface area contributed by atoms with Crippen molar-refractivity contribution >= 4 is 28.8 Å². The molecule has 8 nitrogen and oxygen atoms in total. The number of carbonyl (C=O) groups is 1. The summed E-state index contributed by atoms with van der Waals surface area (Å²) in [6.45, 7) is 8.06. The second-order valence-corrected chi connectivity index (χ2v) is 12.2. The first-order valence-electron chi connectivity index (χ1n) is 15.1. The molecular formula is C35H34F4N4O4. The van der Waals surface area contributed by atoms with Crippen LogP contribution in [-0.2, 0) is 16.7 Å². The molecule has 6 rings (SSSR count). The van der Waals surface area contributed by atoms with Gasteiger partial charge in [0.25, 0.3) is 0 Å². The van der Waals surface area contributed by atoms with Gasteiger partial charge < -0.3 is 30.1 Å². The first-order chi connectivity index (χ1) is 22.4. The third kappa shape index (κ3) is 7.13. The molecule has 4 aromatic rings. The van der Waals surface area contributed by atoms with Gasteiger partial charge in [-0.15, -0.1) is 13.2 Å². The molecule has 0 aliphatic carbocycles. The number of ether oxygens (including phenoxy) is 2. The number of hydrogen-bond acceptors (Lipinski definition) is 6. The quantitative estimate of drug-likeness (QED) is 0.176. The Hall–Kier alpha value is -4.81. The highest BCUT2D eigenvalue weighted by atomic mass is 19.4. The van der Waals surface area contributed by atoms with Gasteiger partial charge in [-0.1, -0.05) is 44.2 Å². The van der Waals surface area contributed by atoms with Gasteiger partial charge in [-0.2, -0.15) is 0 Å². The summed E-state index contributed by atoms with van der Waals surface area (Å²) in [5.74, 6) is -1.17. The van der Waals surface area contributed by atoms with E-state index in [0.29, 0.717) is 60.1 Å². The molecule has 2 amide bonds. The number of phenols is 1. The Kier molecular flexibility index (Phi) is 8.73. The van der Waals surface area contributed by atoms with Gasteiger partial charge in [0.15, 0.2) is 0 Å². The van der Waals surface area contributed by atoms with Crippen molar-refractivity contribution < 1.29 is 36.9 Å². The number of halogens is 4. The number of benzene rings is 4. The number of morpholine rings is 1. The van der Waals surface area contributed by atoms with Crippen LogP contribution in [0.5, 0.6) is 11.5 Å². The summed E-state index contributed by atoms with van der Waals surface area (Å²) in [5, 5.41) is 16.6. The number of phenolic OH excluding ortho intramolecular Hbond substituents is 1. The fraction of sp³-hybridized carbons (Fsp3) is 0.286. The van der Waals surface area contributed by atoms with E-state index in [1.165, 1.54) is 12.1 Å². The van der Waals surface area contributed by atoms with Crippen LogP contribution in [0.3, 0.4) is 0 Å². The average Bonchev–Trinajstić information content (AvgIpc) is 3.29. The van der Waals surface area contributed by atoms with E-state index >= 15 is 4.39 Å². The van der Waals surface area contributed by atoms with E-state index in [4.69, 9.17) is 4.74 Å². The summed E-state index contributed by atoms with van der Waals surface area (Å²) < 4.78 is 62.7. The van der Waals surface area contributed by atoms with Crippen LogP contribution < -0.4 is 20.3 Å².